The van der Waals surface area contributed by atoms with E-state index in [1.165, 1.54) is 19.6 Å². The zero-order valence-electron chi connectivity index (χ0n) is 9.33. The van der Waals surface area contributed by atoms with Crippen molar-refractivity contribution in [3.63, 3.8) is 0 Å². The van der Waals surface area contributed by atoms with Crippen LogP contribution >= 0.6 is 0 Å². The minimum absolute atomic E-state index is 0.567. The van der Waals surface area contributed by atoms with Crippen LogP contribution in [-0.2, 0) is 4.74 Å². The number of nitrogens with one attached hydrogen (secondary N) is 1. The highest BCUT2D eigenvalue weighted by Gasteiger charge is 2.30. The van der Waals surface area contributed by atoms with Crippen LogP contribution < -0.4 is 5.32 Å². The van der Waals surface area contributed by atoms with Gasteiger partial charge in [0.25, 0.3) is 0 Å². The number of nitrogens with zero attached hydrogens (tertiary/aromatic N) is 1. The summed E-state index contributed by atoms with van der Waals surface area (Å²) in [4.78, 5) is 2.54. The SMILES string of the molecule is CC(C)C1CN(CC2COCCN2)C1. The summed E-state index contributed by atoms with van der Waals surface area (Å²) in [6.45, 7) is 11.2. The van der Waals surface area contributed by atoms with Gasteiger partial charge in [-0.05, 0) is 11.8 Å². The van der Waals surface area contributed by atoms with E-state index in [0.717, 1.165) is 31.6 Å². The molecule has 3 nitrogen and oxygen atoms in total. The van der Waals surface area contributed by atoms with E-state index in [9.17, 15) is 0 Å². The third-order valence-corrected chi connectivity index (χ3v) is 3.41. The van der Waals surface area contributed by atoms with Crippen molar-refractivity contribution < 1.29 is 4.74 Å². The van der Waals surface area contributed by atoms with E-state index in [-0.39, 0.29) is 0 Å². The normalized spacial score (nSPS) is 30.6. The van der Waals surface area contributed by atoms with Crippen LogP contribution in [0.5, 0.6) is 0 Å². The summed E-state index contributed by atoms with van der Waals surface area (Å²) in [7, 11) is 0. The number of likely N-dealkylation sites (tertiary alicyclic amines) is 1. The average molecular weight is 198 g/mol. The zero-order chi connectivity index (χ0) is 9.97. The Balaban J connectivity index is 1.63. The average Bonchev–Trinajstić information content (AvgIpc) is 2.12. The van der Waals surface area contributed by atoms with E-state index in [0.29, 0.717) is 6.04 Å². The lowest BCUT2D eigenvalue weighted by molar-refractivity contribution is 0.0206. The van der Waals surface area contributed by atoms with Crippen molar-refractivity contribution in [2.45, 2.75) is 19.9 Å². The predicted molar refractivity (Wildman–Crippen MR) is 57.4 cm³/mol. The van der Waals surface area contributed by atoms with Gasteiger partial charge in [0, 0.05) is 32.2 Å². The van der Waals surface area contributed by atoms with Gasteiger partial charge in [0.15, 0.2) is 0 Å². The van der Waals surface area contributed by atoms with Gasteiger partial charge >= 0.3 is 0 Å². The van der Waals surface area contributed by atoms with Crippen molar-refractivity contribution in [1.29, 1.82) is 0 Å². The first kappa shape index (κ1) is 10.4. The molecule has 2 heterocycles. The summed E-state index contributed by atoms with van der Waals surface area (Å²) in [5, 5.41) is 3.50. The van der Waals surface area contributed by atoms with Crippen LogP contribution in [0.4, 0.5) is 0 Å². The molecule has 14 heavy (non-hydrogen) atoms. The molecule has 0 radical (unpaired) electrons. The van der Waals surface area contributed by atoms with Gasteiger partial charge in [-0.25, -0.2) is 0 Å². The summed E-state index contributed by atoms with van der Waals surface area (Å²) in [5.74, 6) is 1.78. The molecule has 0 saturated carbocycles. The summed E-state index contributed by atoms with van der Waals surface area (Å²) in [6.07, 6.45) is 0. The van der Waals surface area contributed by atoms with Crippen molar-refractivity contribution in [1.82, 2.24) is 10.2 Å². The molecule has 2 saturated heterocycles. The monoisotopic (exact) mass is 198 g/mol. The minimum atomic E-state index is 0.567. The standard InChI is InChI=1S/C11H22N2O/c1-9(2)10-5-13(6-10)7-11-8-14-4-3-12-11/h9-12H,3-8H2,1-2H3. The molecule has 2 aliphatic heterocycles. The zero-order valence-corrected chi connectivity index (χ0v) is 9.33. The second-order valence-corrected chi connectivity index (χ2v) is 4.95. The summed E-state index contributed by atoms with van der Waals surface area (Å²) < 4.78 is 5.44. The molecule has 82 valence electrons. The van der Waals surface area contributed by atoms with Gasteiger partial charge in [-0.15, -0.1) is 0 Å². The molecule has 0 bridgehead atoms. The first-order valence-corrected chi connectivity index (χ1v) is 5.79. The van der Waals surface area contributed by atoms with Crippen LogP contribution in [0.1, 0.15) is 13.8 Å². The second kappa shape index (κ2) is 4.60. The van der Waals surface area contributed by atoms with E-state index in [4.69, 9.17) is 4.74 Å². The molecule has 0 aromatic rings. The second-order valence-electron chi connectivity index (χ2n) is 4.95. The smallest absolute Gasteiger partial charge is 0.0632 e. The molecule has 3 heteroatoms. The number of hydrogen-bond acceptors (Lipinski definition) is 3. The van der Waals surface area contributed by atoms with Gasteiger partial charge in [0.1, 0.15) is 0 Å². The van der Waals surface area contributed by atoms with Crippen LogP contribution in [0, 0.1) is 11.8 Å². The predicted octanol–water partition coefficient (Wildman–Crippen LogP) is 0.563. The number of morpholine rings is 1. The van der Waals surface area contributed by atoms with E-state index in [1.807, 2.05) is 0 Å². The molecule has 0 spiro atoms. The van der Waals surface area contributed by atoms with E-state index in [2.05, 4.69) is 24.1 Å². The van der Waals surface area contributed by atoms with E-state index >= 15 is 0 Å². The molecule has 0 aromatic heterocycles. The highest BCUT2D eigenvalue weighted by atomic mass is 16.5. The number of ether oxygens (including phenoxy) is 1. The lowest BCUT2D eigenvalue weighted by Gasteiger charge is -2.43. The van der Waals surface area contributed by atoms with Crippen molar-refractivity contribution in [2.24, 2.45) is 11.8 Å². The first-order valence-electron chi connectivity index (χ1n) is 5.79. The Morgan fingerprint density at radius 3 is 2.79 bits per heavy atom. The Morgan fingerprint density at radius 2 is 2.21 bits per heavy atom. The highest BCUT2D eigenvalue weighted by molar-refractivity contribution is 4.85. The molecule has 1 N–H and O–H groups in total. The van der Waals surface area contributed by atoms with Gasteiger partial charge in [-0.2, -0.15) is 0 Å². The fraction of sp³-hybridized carbons (Fsp3) is 1.00. The van der Waals surface area contributed by atoms with E-state index in [1.54, 1.807) is 0 Å². The first-order chi connectivity index (χ1) is 6.75. The van der Waals surface area contributed by atoms with Gasteiger partial charge in [-0.3, -0.25) is 0 Å². The highest BCUT2D eigenvalue weighted by Crippen LogP contribution is 2.23. The van der Waals surface area contributed by atoms with Gasteiger partial charge in [0.2, 0.25) is 0 Å². The lowest BCUT2D eigenvalue weighted by Crippen LogP contribution is -2.56. The van der Waals surface area contributed by atoms with Crippen molar-refractivity contribution in [2.75, 3.05) is 39.4 Å². The Morgan fingerprint density at radius 1 is 1.43 bits per heavy atom. The fourth-order valence-corrected chi connectivity index (χ4v) is 2.23. The van der Waals surface area contributed by atoms with Gasteiger partial charge in [-0.1, -0.05) is 13.8 Å². The Kier molecular flexibility index (Phi) is 3.42. The summed E-state index contributed by atoms with van der Waals surface area (Å²) in [5.41, 5.74) is 0. The van der Waals surface area contributed by atoms with Crippen LogP contribution in [0.25, 0.3) is 0 Å². The maximum atomic E-state index is 5.44. The molecule has 2 aliphatic rings. The largest absolute Gasteiger partial charge is 0.378 e. The Labute approximate surface area is 86.8 Å². The van der Waals surface area contributed by atoms with Crippen LogP contribution in [0.15, 0.2) is 0 Å². The van der Waals surface area contributed by atoms with Crippen LogP contribution in [0.3, 0.4) is 0 Å². The van der Waals surface area contributed by atoms with Crippen LogP contribution in [0.2, 0.25) is 0 Å². The molecular weight excluding hydrogens is 176 g/mol. The molecule has 2 fully saturated rings. The van der Waals surface area contributed by atoms with Gasteiger partial charge in [0.05, 0.1) is 13.2 Å². The van der Waals surface area contributed by atoms with E-state index < -0.39 is 0 Å². The topological polar surface area (TPSA) is 24.5 Å². The van der Waals surface area contributed by atoms with Crippen molar-refractivity contribution in [3.05, 3.63) is 0 Å². The molecule has 0 aliphatic carbocycles. The van der Waals surface area contributed by atoms with Gasteiger partial charge < -0.3 is 15.0 Å². The van der Waals surface area contributed by atoms with Crippen molar-refractivity contribution >= 4 is 0 Å². The summed E-state index contributed by atoms with van der Waals surface area (Å²) >= 11 is 0. The van der Waals surface area contributed by atoms with Crippen molar-refractivity contribution in [3.8, 4) is 0 Å². The molecule has 0 amide bonds. The molecular formula is C11H22N2O. The molecule has 2 rings (SSSR count). The third kappa shape index (κ3) is 2.47. The fourth-order valence-electron chi connectivity index (χ4n) is 2.23. The number of hydrogen-bond donors (Lipinski definition) is 1. The maximum Gasteiger partial charge on any atom is 0.0632 e. The quantitative estimate of drug-likeness (QED) is 0.717. The summed E-state index contributed by atoms with van der Waals surface area (Å²) in [6, 6.07) is 0.567. The Hall–Kier alpha value is -0.120. The maximum absolute atomic E-state index is 5.44. The van der Waals surface area contributed by atoms with Crippen LogP contribution in [-0.4, -0.2) is 50.3 Å². The molecule has 0 aromatic carbocycles. The number of rotatable bonds is 3. The molecule has 1 unspecified atom stereocenters. The minimum Gasteiger partial charge on any atom is -0.378 e. The third-order valence-electron chi connectivity index (χ3n) is 3.41. The lowest BCUT2D eigenvalue weighted by atomic mass is 9.88. The Bertz CT molecular complexity index is 172. The molecule has 1 atom stereocenters.